The van der Waals surface area contributed by atoms with E-state index in [-0.39, 0.29) is 24.4 Å². The lowest BCUT2D eigenvalue weighted by Crippen LogP contribution is -2.42. The zero-order valence-corrected chi connectivity index (χ0v) is 24.7. The summed E-state index contributed by atoms with van der Waals surface area (Å²) in [4.78, 5) is 42.3. The Labute approximate surface area is 253 Å². The van der Waals surface area contributed by atoms with E-state index in [2.05, 4.69) is 10.2 Å². The molecule has 2 aliphatic heterocycles. The molecule has 0 spiro atoms. The lowest BCUT2D eigenvalue weighted by molar-refractivity contribution is -0.142. The van der Waals surface area contributed by atoms with Gasteiger partial charge in [-0.2, -0.15) is 0 Å². The number of fused-ring (bicyclic) bond motifs is 2. The maximum Gasteiger partial charge on any atom is 0.411 e. The Bertz CT molecular complexity index is 1460. The highest BCUT2D eigenvalue weighted by Gasteiger charge is 2.42. The first-order chi connectivity index (χ1) is 21.0. The summed E-state index contributed by atoms with van der Waals surface area (Å²) in [5.41, 5.74) is 5.39. The van der Waals surface area contributed by atoms with Gasteiger partial charge in [0.05, 0.1) is 18.7 Å². The number of rotatable bonds is 9. The molecule has 1 saturated carbocycles. The van der Waals surface area contributed by atoms with Crippen molar-refractivity contribution in [2.24, 2.45) is 11.8 Å². The van der Waals surface area contributed by atoms with Gasteiger partial charge in [-0.25, -0.2) is 4.79 Å². The Balaban J connectivity index is 0.956. The first-order valence-corrected chi connectivity index (χ1v) is 15.4. The normalized spacial score (nSPS) is 21.3. The third-order valence-corrected chi connectivity index (χ3v) is 8.98. The van der Waals surface area contributed by atoms with Gasteiger partial charge in [0.1, 0.15) is 6.10 Å². The summed E-state index contributed by atoms with van der Waals surface area (Å²) in [5, 5.41) is 2.96. The van der Waals surface area contributed by atoms with Crippen molar-refractivity contribution in [2.75, 3.05) is 44.6 Å². The van der Waals surface area contributed by atoms with Crippen molar-refractivity contribution in [3.05, 3.63) is 89.5 Å². The quantitative estimate of drug-likeness (QED) is 0.340. The smallest absolute Gasteiger partial charge is 0.411 e. The fourth-order valence-corrected chi connectivity index (χ4v) is 6.93. The maximum absolute atomic E-state index is 13.2. The Hall–Kier alpha value is -4.17. The molecule has 8 heteroatoms. The molecular formula is C35H39N3O5. The van der Waals surface area contributed by atoms with Crippen LogP contribution in [-0.4, -0.2) is 73.2 Å². The third-order valence-electron chi connectivity index (χ3n) is 8.98. The molecule has 6 rings (SSSR count). The van der Waals surface area contributed by atoms with E-state index in [0.717, 1.165) is 72.4 Å². The number of carbonyl (C=O) groups excluding carboxylic acids is 3. The highest BCUT2D eigenvalue weighted by molar-refractivity contribution is 5.97. The van der Waals surface area contributed by atoms with Gasteiger partial charge >= 0.3 is 12.1 Å². The number of esters is 1. The van der Waals surface area contributed by atoms with Crippen LogP contribution in [0.2, 0.25) is 0 Å². The lowest BCUT2D eigenvalue weighted by Gasteiger charge is -2.30. The number of ether oxygens (including phenoxy) is 2. The van der Waals surface area contributed by atoms with Gasteiger partial charge < -0.3 is 19.3 Å². The Morgan fingerprint density at radius 1 is 0.907 bits per heavy atom. The van der Waals surface area contributed by atoms with Crippen LogP contribution in [0.1, 0.15) is 41.3 Å². The molecule has 1 aliphatic carbocycles. The van der Waals surface area contributed by atoms with Crippen LogP contribution in [0, 0.1) is 11.8 Å². The topological polar surface area (TPSA) is 88.2 Å². The lowest BCUT2D eigenvalue weighted by atomic mass is 9.95. The van der Waals surface area contributed by atoms with Crippen LogP contribution in [0.3, 0.4) is 0 Å². The Morgan fingerprint density at radius 3 is 2.42 bits per heavy atom. The minimum absolute atomic E-state index is 0.0663. The third kappa shape index (κ3) is 6.75. The Morgan fingerprint density at radius 2 is 1.65 bits per heavy atom. The summed E-state index contributed by atoms with van der Waals surface area (Å²) < 4.78 is 10.9. The summed E-state index contributed by atoms with van der Waals surface area (Å²) in [6.45, 7) is 6.34. The second-order valence-electron chi connectivity index (χ2n) is 11.8. The molecule has 0 aromatic heterocycles. The summed E-state index contributed by atoms with van der Waals surface area (Å²) in [6.07, 6.45) is 2.30. The fraction of sp³-hybridized carbons (Fsp3) is 0.400. The molecule has 3 aromatic rings. The van der Waals surface area contributed by atoms with E-state index in [9.17, 15) is 14.4 Å². The molecule has 8 nitrogen and oxygen atoms in total. The molecule has 2 heterocycles. The zero-order valence-electron chi connectivity index (χ0n) is 24.7. The van der Waals surface area contributed by atoms with Crippen LogP contribution in [0.5, 0.6) is 0 Å². The van der Waals surface area contributed by atoms with Gasteiger partial charge in [-0.3, -0.25) is 14.9 Å². The van der Waals surface area contributed by atoms with Gasteiger partial charge in [0.2, 0.25) is 0 Å². The van der Waals surface area contributed by atoms with Gasteiger partial charge in [0.15, 0.2) is 0 Å². The summed E-state index contributed by atoms with van der Waals surface area (Å²) in [5.74, 6) is 0.832. The largest absolute Gasteiger partial charge is 0.466 e. The van der Waals surface area contributed by atoms with Crippen LogP contribution in [-0.2, 0) is 27.1 Å². The monoisotopic (exact) mass is 581 g/mol. The number of carbonyl (C=O) groups is 3. The molecule has 0 radical (unpaired) electrons. The number of anilines is 1. The van der Waals surface area contributed by atoms with Crippen molar-refractivity contribution >= 4 is 23.7 Å². The maximum atomic E-state index is 13.2. The molecule has 224 valence electrons. The SMILES string of the molecule is CCOC(=O)Cc1ccc2c(c1)CCN(CCN1C[C@H]3CC(OC(=O)Nc4ccccc4-c4ccccc4)C[C@H]3C1)C2=O. The van der Waals surface area contributed by atoms with Gasteiger partial charge in [-0.1, -0.05) is 60.7 Å². The molecule has 1 N–H and O–H groups in total. The van der Waals surface area contributed by atoms with E-state index in [0.29, 0.717) is 31.5 Å². The minimum Gasteiger partial charge on any atom is -0.466 e. The number of para-hydroxylation sites is 1. The van der Waals surface area contributed by atoms with Crippen LogP contribution in [0.25, 0.3) is 11.1 Å². The first-order valence-electron chi connectivity index (χ1n) is 15.4. The molecule has 2 amide bonds. The molecule has 3 aromatic carbocycles. The molecule has 2 fully saturated rings. The standard InChI is InChI=1S/C35H39N3O5/c1-2-42-33(39)19-24-12-13-31-26(18-24)14-15-38(34(31)40)17-16-37-22-27-20-29(21-28(27)23-37)43-35(41)36-32-11-7-6-10-30(32)25-8-4-3-5-9-25/h3-13,18,27-29H,2,14-17,19-23H2,1H3,(H,36,41)/t27-,28+,29?. The van der Waals surface area contributed by atoms with Gasteiger partial charge in [0.25, 0.3) is 5.91 Å². The summed E-state index contributed by atoms with van der Waals surface area (Å²) in [7, 11) is 0. The molecule has 43 heavy (non-hydrogen) atoms. The second-order valence-corrected chi connectivity index (χ2v) is 11.8. The van der Waals surface area contributed by atoms with Crippen molar-refractivity contribution in [3.63, 3.8) is 0 Å². The average molecular weight is 582 g/mol. The van der Waals surface area contributed by atoms with Crippen molar-refractivity contribution in [1.29, 1.82) is 0 Å². The van der Waals surface area contributed by atoms with Crippen LogP contribution in [0.15, 0.2) is 72.8 Å². The molecular weight excluding hydrogens is 542 g/mol. The van der Waals surface area contributed by atoms with E-state index < -0.39 is 6.09 Å². The number of hydrogen-bond acceptors (Lipinski definition) is 6. The van der Waals surface area contributed by atoms with E-state index >= 15 is 0 Å². The fourth-order valence-electron chi connectivity index (χ4n) is 6.93. The highest BCUT2D eigenvalue weighted by atomic mass is 16.6. The molecule has 1 saturated heterocycles. The van der Waals surface area contributed by atoms with E-state index in [1.807, 2.05) is 77.7 Å². The molecule has 1 unspecified atom stereocenters. The Kier molecular flexibility index (Phi) is 8.74. The average Bonchev–Trinajstić information content (AvgIpc) is 3.56. The van der Waals surface area contributed by atoms with E-state index in [1.54, 1.807) is 6.92 Å². The van der Waals surface area contributed by atoms with Gasteiger partial charge in [-0.05, 0) is 66.8 Å². The van der Waals surface area contributed by atoms with Gasteiger partial charge in [-0.15, -0.1) is 0 Å². The van der Waals surface area contributed by atoms with Crippen molar-refractivity contribution in [2.45, 2.75) is 38.7 Å². The predicted molar refractivity (Wildman–Crippen MR) is 165 cm³/mol. The number of likely N-dealkylation sites (tertiary alicyclic amines) is 1. The van der Waals surface area contributed by atoms with E-state index in [1.165, 1.54) is 0 Å². The summed E-state index contributed by atoms with van der Waals surface area (Å²) >= 11 is 0. The van der Waals surface area contributed by atoms with Crippen molar-refractivity contribution in [3.8, 4) is 11.1 Å². The molecule has 3 aliphatic rings. The first kappa shape index (κ1) is 28.9. The van der Waals surface area contributed by atoms with Crippen LogP contribution < -0.4 is 5.32 Å². The number of nitrogens with zero attached hydrogens (tertiary/aromatic N) is 2. The van der Waals surface area contributed by atoms with Crippen LogP contribution >= 0.6 is 0 Å². The number of amides is 2. The number of hydrogen-bond donors (Lipinski definition) is 1. The summed E-state index contributed by atoms with van der Waals surface area (Å²) in [6, 6.07) is 23.5. The van der Waals surface area contributed by atoms with E-state index in [4.69, 9.17) is 9.47 Å². The van der Waals surface area contributed by atoms with Crippen LogP contribution in [0.4, 0.5) is 10.5 Å². The molecule has 3 atom stereocenters. The second kappa shape index (κ2) is 13.0. The highest BCUT2D eigenvalue weighted by Crippen LogP contribution is 2.39. The number of benzene rings is 3. The zero-order chi connectivity index (χ0) is 29.8. The van der Waals surface area contributed by atoms with Crippen molar-refractivity contribution < 1.29 is 23.9 Å². The molecule has 0 bridgehead atoms. The van der Waals surface area contributed by atoms with Gasteiger partial charge in [0, 0.05) is 43.9 Å². The predicted octanol–water partition coefficient (Wildman–Crippen LogP) is 5.42. The van der Waals surface area contributed by atoms with Crippen molar-refractivity contribution in [1.82, 2.24) is 9.80 Å². The number of nitrogens with one attached hydrogen (secondary N) is 1. The minimum atomic E-state index is -0.401.